The highest BCUT2D eigenvalue weighted by Gasteiger charge is 2.36. The highest BCUT2D eigenvalue weighted by Crippen LogP contribution is 2.31. The van der Waals surface area contributed by atoms with Gasteiger partial charge in [0.15, 0.2) is 0 Å². The van der Waals surface area contributed by atoms with Gasteiger partial charge in [0.2, 0.25) is 0 Å². The first kappa shape index (κ1) is 17.0. The maximum absolute atomic E-state index is 5.77. The third kappa shape index (κ3) is 9.49. The van der Waals surface area contributed by atoms with Crippen LogP contribution in [-0.2, 0) is 4.74 Å². The van der Waals surface area contributed by atoms with Crippen molar-refractivity contribution < 1.29 is 4.74 Å². The maximum atomic E-state index is 5.77. The fourth-order valence-electron chi connectivity index (χ4n) is 2.94. The zero-order chi connectivity index (χ0) is 13.8. The van der Waals surface area contributed by atoms with Gasteiger partial charge in [-0.25, -0.2) is 0 Å². The van der Waals surface area contributed by atoms with Crippen LogP contribution in [-0.4, -0.2) is 12.2 Å². The standard InChI is InChI=1S/C18H36O/c1-3-5-7-9-11-13-15-17-18(19-17)16-14-12-10-8-6-4-2/h17-18H,3-16H2,1-2H3/t17-,18-/m0/s1. The number of unbranched alkanes of at least 4 members (excludes halogenated alkanes) is 10. The molecule has 1 heteroatoms. The van der Waals surface area contributed by atoms with E-state index >= 15 is 0 Å². The molecule has 0 unspecified atom stereocenters. The molecule has 1 aliphatic heterocycles. The SMILES string of the molecule is CCCCCCCC[C@@H]1O[C@H]1CCCCCCCC. The number of hydrogen-bond acceptors (Lipinski definition) is 1. The van der Waals surface area contributed by atoms with Crippen molar-refractivity contribution in [1.29, 1.82) is 0 Å². The Bertz CT molecular complexity index is 170. The van der Waals surface area contributed by atoms with Crippen LogP contribution in [0.4, 0.5) is 0 Å². The average Bonchev–Trinajstić information content (AvgIpc) is 3.16. The van der Waals surface area contributed by atoms with Crippen LogP contribution in [0.15, 0.2) is 0 Å². The van der Waals surface area contributed by atoms with Gasteiger partial charge in [0.05, 0.1) is 12.2 Å². The van der Waals surface area contributed by atoms with E-state index in [1.54, 1.807) is 0 Å². The van der Waals surface area contributed by atoms with Gasteiger partial charge in [0, 0.05) is 0 Å². The van der Waals surface area contributed by atoms with E-state index in [0.29, 0.717) is 12.2 Å². The average molecular weight is 268 g/mol. The zero-order valence-electron chi connectivity index (χ0n) is 13.5. The monoisotopic (exact) mass is 268 g/mol. The molecule has 0 radical (unpaired) electrons. The van der Waals surface area contributed by atoms with Crippen LogP contribution < -0.4 is 0 Å². The number of ether oxygens (including phenoxy) is 1. The van der Waals surface area contributed by atoms with Crippen LogP contribution in [0.1, 0.15) is 104 Å². The molecule has 114 valence electrons. The van der Waals surface area contributed by atoms with Gasteiger partial charge < -0.3 is 4.74 Å². The van der Waals surface area contributed by atoms with Gasteiger partial charge in [-0.15, -0.1) is 0 Å². The highest BCUT2D eigenvalue weighted by molar-refractivity contribution is 4.84. The molecule has 0 saturated carbocycles. The van der Waals surface area contributed by atoms with Gasteiger partial charge in [-0.3, -0.25) is 0 Å². The Morgan fingerprint density at radius 3 is 1.32 bits per heavy atom. The van der Waals surface area contributed by atoms with Crippen LogP contribution >= 0.6 is 0 Å². The molecule has 1 rings (SSSR count). The third-order valence-electron chi connectivity index (χ3n) is 4.37. The molecule has 0 aromatic carbocycles. The minimum atomic E-state index is 0.641. The molecule has 0 bridgehead atoms. The molecule has 1 fully saturated rings. The van der Waals surface area contributed by atoms with Crippen molar-refractivity contribution >= 4 is 0 Å². The Balaban J connectivity index is 1.76. The lowest BCUT2D eigenvalue weighted by molar-refractivity contribution is 0.347. The summed E-state index contributed by atoms with van der Waals surface area (Å²) in [6.07, 6.45) is 20.8. The predicted octanol–water partition coefficient (Wildman–Crippen LogP) is 6.26. The Hall–Kier alpha value is -0.0400. The van der Waals surface area contributed by atoms with Gasteiger partial charge in [-0.1, -0.05) is 90.9 Å². The molecule has 2 atom stereocenters. The summed E-state index contributed by atoms with van der Waals surface area (Å²) in [6, 6.07) is 0. The lowest BCUT2D eigenvalue weighted by atomic mass is 10.0. The quantitative estimate of drug-likeness (QED) is 0.268. The first-order chi connectivity index (χ1) is 9.38. The van der Waals surface area contributed by atoms with Crippen molar-refractivity contribution in [1.82, 2.24) is 0 Å². The Kier molecular flexibility index (Phi) is 10.5. The Morgan fingerprint density at radius 2 is 0.895 bits per heavy atom. The Morgan fingerprint density at radius 1 is 0.526 bits per heavy atom. The number of rotatable bonds is 14. The molecule has 1 nitrogen and oxygen atoms in total. The largest absolute Gasteiger partial charge is 0.370 e. The van der Waals surface area contributed by atoms with E-state index in [1.807, 2.05) is 0 Å². The molecule has 0 amide bonds. The summed E-state index contributed by atoms with van der Waals surface area (Å²) in [4.78, 5) is 0. The first-order valence-electron chi connectivity index (χ1n) is 9.04. The first-order valence-corrected chi connectivity index (χ1v) is 9.04. The molecular formula is C18H36O. The van der Waals surface area contributed by atoms with Crippen molar-refractivity contribution in [3.05, 3.63) is 0 Å². The molecule has 1 saturated heterocycles. The molecule has 19 heavy (non-hydrogen) atoms. The minimum Gasteiger partial charge on any atom is -0.370 e. The van der Waals surface area contributed by atoms with Crippen LogP contribution in [0.2, 0.25) is 0 Å². The third-order valence-corrected chi connectivity index (χ3v) is 4.37. The fourth-order valence-corrected chi connectivity index (χ4v) is 2.94. The van der Waals surface area contributed by atoms with Crippen molar-refractivity contribution in [2.75, 3.05) is 0 Å². The van der Waals surface area contributed by atoms with Gasteiger partial charge in [0.25, 0.3) is 0 Å². The van der Waals surface area contributed by atoms with Crippen molar-refractivity contribution in [3.8, 4) is 0 Å². The second-order valence-electron chi connectivity index (χ2n) is 6.33. The lowest BCUT2D eigenvalue weighted by Gasteiger charge is -2.00. The van der Waals surface area contributed by atoms with Gasteiger partial charge >= 0.3 is 0 Å². The molecule has 0 aromatic heterocycles. The summed E-state index contributed by atoms with van der Waals surface area (Å²) in [5.41, 5.74) is 0. The fraction of sp³-hybridized carbons (Fsp3) is 1.00. The maximum Gasteiger partial charge on any atom is 0.0841 e. The van der Waals surface area contributed by atoms with E-state index in [2.05, 4.69) is 13.8 Å². The van der Waals surface area contributed by atoms with Gasteiger partial charge in [0.1, 0.15) is 0 Å². The molecule has 0 aliphatic carbocycles. The van der Waals surface area contributed by atoms with Crippen LogP contribution in [0.3, 0.4) is 0 Å². The highest BCUT2D eigenvalue weighted by atomic mass is 16.6. The van der Waals surface area contributed by atoms with Crippen LogP contribution in [0.25, 0.3) is 0 Å². The number of epoxide rings is 1. The van der Waals surface area contributed by atoms with Gasteiger partial charge in [-0.05, 0) is 12.8 Å². The molecule has 0 spiro atoms. The summed E-state index contributed by atoms with van der Waals surface area (Å²) in [5, 5.41) is 0. The smallest absolute Gasteiger partial charge is 0.0841 e. The summed E-state index contributed by atoms with van der Waals surface area (Å²) in [7, 11) is 0. The van der Waals surface area contributed by atoms with Crippen molar-refractivity contribution in [2.45, 2.75) is 116 Å². The van der Waals surface area contributed by atoms with E-state index in [0.717, 1.165) is 0 Å². The normalized spacial score (nSPS) is 21.8. The summed E-state index contributed by atoms with van der Waals surface area (Å²) >= 11 is 0. The second kappa shape index (κ2) is 11.8. The minimum absolute atomic E-state index is 0.641. The number of hydrogen-bond donors (Lipinski definition) is 0. The van der Waals surface area contributed by atoms with Gasteiger partial charge in [-0.2, -0.15) is 0 Å². The van der Waals surface area contributed by atoms with E-state index < -0.39 is 0 Å². The zero-order valence-corrected chi connectivity index (χ0v) is 13.5. The molecular weight excluding hydrogens is 232 g/mol. The lowest BCUT2D eigenvalue weighted by Crippen LogP contribution is -1.94. The van der Waals surface area contributed by atoms with Crippen LogP contribution in [0.5, 0.6) is 0 Å². The van der Waals surface area contributed by atoms with Crippen molar-refractivity contribution in [2.24, 2.45) is 0 Å². The van der Waals surface area contributed by atoms with Crippen LogP contribution in [0, 0.1) is 0 Å². The molecule has 0 aromatic rings. The summed E-state index contributed by atoms with van der Waals surface area (Å²) in [5.74, 6) is 0. The van der Waals surface area contributed by atoms with E-state index in [4.69, 9.17) is 4.74 Å². The Labute approximate surface area is 121 Å². The topological polar surface area (TPSA) is 12.5 Å². The van der Waals surface area contributed by atoms with E-state index in [9.17, 15) is 0 Å². The second-order valence-corrected chi connectivity index (χ2v) is 6.33. The summed E-state index contributed by atoms with van der Waals surface area (Å²) < 4.78 is 5.77. The van der Waals surface area contributed by atoms with E-state index in [1.165, 1.54) is 89.9 Å². The molecule has 0 N–H and O–H groups in total. The van der Waals surface area contributed by atoms with Crippen molar-refractivity contribution in [3.63, 3.8) is 0 Å². The van der Waals surface area contributed by atoms with E-state index in [-0.39, 0.29) is 0 Å². The molecule has 1 heterocycles. The predicted molar refractivity (Wildman–Crippen MR) is 84.6 cm³/mol. The molecule has 1 aliphatic rings. The summed E-state index contributed by atoms with van der Waals surface area (Å²) in [6.45, 7) is 4.57.